The molecule has 0 radical (unpaired) electrons. The molecule has 2 aromatic rings. The van der Waals surface area contributed by atoms with Gasteiger partial charge in [-0.25, -0.2) is 0 Å². The molecular formula is C17H13Br2P. The van der Waals surface area contributed by atoms with Gasteiger partial charge in [0.1, 0.15) is 0 Å². The van der Waals surface area contributed by atoms with Crippen molar-refractivity contribution < 1.29 is 0 Å². The SMILES string of the molecule is BrC1=C(P(c2ccccc2)c2ccccc2)C=CC1Br. The highest BCUT2D eigenvalue weighted by Gasteiger charge is 2.25. The second kappa shape index (κ2) is 6.39. The minimum Gasteiger partial charge on any atom is -0.0787 e. The molecule has 0 fully saturated rings. The molecule has 2 aromatic carbocycles. The largest absolute Gasteiger partial charge is 0.0787 e. The molecule has 0 heterocycles. The first-order valence-corrected chi connectivity index (χ1v) is 9.44. The summed E-state index contributed by atoms with van der Waals surface area (Å²) in [6, 6.07) is 21.5. The van der Waals surface area contributed by atoms with Crippen LogP contribution < -0.4 is 10.6 Å². The van der Waals surface area contributed by atoms with Gasteiger partial charge in [-0.3, -0.25) is 0 Å². The van der Waals surface area contributed by atoms with Crippen LogP contribution in [0, 0.1) is 0 Å². The molecule has 3 heteroatoms. The molecule has 1 atom stereocenters. The van der Waals surface area contributed by atoms with Gasteiger partial charge in [0.05, 0.1) is 4.83 Å². The van der Waals surface area contributed by atoms with E-state index in [1.807, 2.05) is 0 Å². The topological polar surface area (TPSA) is 0 Å². The van der Waals surface area contributed by atoms with Gasteiger partial charge in [0, 0.05) is 4.48 Å². The average Bonchev–Trinajstić information content (AvgIpc) is 2.82. The van der Waals surface area contributed by atoms with Gasteiger partial charge in [-0.15, -0.1) is 0 Å². The van der Waals surface area contributed by atoms with Gasteiger partial charge >= 0.3 is 0 Å². The summed E-state index contributed by atoms with van der Waals surface area (Å²) < 4.78 is 1.25. The van der Waals surface area contributed by atoms with Crippen LogP contribution >= 0.6 is 39.8 Å². The highest BCUT2D eigenvalue weighted by atomic mass is 79.9. The monoisotopic (exact) mass is 406 g/mol. The summed E-state index contributed by atoms with van der Waals surface area (Å²) in [7, 11) is -0.502. The molecule has 1 unspecified atom stereocenters. The van der Waals surface area contributed by atoms with E-state index < -0.39 is 7.92 Å². The maximum Gasteiger partial charge on any atom is 0.0650 e. The third-order valence-corrected chi connectivity index (χ3v) is 8.28. The standard InChI is InChI=1S/C17H13Br2P/c18-15-11-12-16(17(15)19)20(13-7-3-1-4-8-13)14-9-5-2-6-10-14/h1-12,15H. The van der Waals surface area contributed by atoms with Crippen molar-refractivity contribution in [3.8, 4) is 0 Å². The molecular weight excluding hydrogens is 395 g/mol. The molecule has 0 aromatic heterocycles. The fourth-order valence-corrected chi connectivity index (χ4v) is 6.02. The Morgan fingerprint density at radius 1 is 0.800 bits per heavy atom. The number of hydrogen-bond acceptors (Lipinski definition) is 0. The van der Waals surface area contributed by atoms with Crippen molar-refractivity contribution in [2.45, 2.75) is 4.83 Å². The van der Waals surface area contributed by atoms with Gasteiger partial charge in [-0.2, -0.15) is 0 Å². The van der Waals surface area contributed by atoms with E-state index in [9.17, 15) is 0 Å². The Hall–Kier alpha value is -0.690. The molecule has 0 N–H and O–H groups in total. The van der Waals surface area contributed by atoms with Crippen molar-refractivity contribution in [1.29, 1.82) is 0 Å². The first kappa shape index (κ1) is 14.3. The smallest absolute Gasteiger partial charge is 0.0650 e. The lowest BCUT2D eigenvalue weighted by atomic mass is 10.4. The molecule has 1 aliphatic rings. The Morgan fingerprint density at radius 3 is 1.70 bits per heavy atom. The summed E-state index contributed by atoms with van der Waals surface area (Å²) in [6.45, 7) is 0. The second-order valence-corrected chi connectivity index (χ2v) is 8.53. The number of rotatable bonds is 3. The number of allylic oxidation sites excluding steroid dienone is 4. The zero-order valence-corrected chi connectivity index (χ0v) is 14.8. The third-order valence-electron chi connectivity index (χ3n) is 3.18. The predicted molar refractivity (Wildman–Crippen MR) is 96.9 cm³/mol. The van der Waals surface area contributed by atoms with Gasteiger partial charge in [0.15, 0.2) is 0 Å². The molecule has 0 bridgehead atoms. The van der Waals surface area contributed by atoms with Crippen LogP contribution in [0.1, 0.15) is 0 Å². The van der Waals surface area contributed by atoms with Crippen molar-refractivity contribution in [2.75, 3.05) is 0 Å². The zero-order chi connectivity index (χ0) is 13.9. The molecule has 1 aliphatic carbocycles. The van der Waals surface area contributed by atoms with Crippen LogP contribution in [0.5, 0.6) is 0 Å². The molecule has 0 nitrogen and oxygen atoms in total. The summed E-state index contributed by atoms with van der Waals surface area (Å²) in [5, 5.41) is 4.15. The Morgan fingerprint density at radius 2 is 1.30 bits per heavy atom. The maximum atomic E-state index is 3.75. The van der Waals surface area contributed by atoms with E-state index in [-0.39, 0.29) is 0 Å². The van der Waals surface area contributed by atoms with E-state index in [0.29, 0.717) is 4.83 Å². The van der Waals surface area contributed by atoms with Crippen molar-refractivity contribution >= 4 is 50.4 Å². The summed E-state index contributed by atoms with van der Waals surface area (Å²) in [5.41, 5.74) is 0. The van der Waals surface area contributed by atoms with Crippen LogP contribution in [0.3, 0.4) is 0 Å². The number of alkyl halides is 1. The van der Waals surface area contributed by atoms with E-state index in [0.717, 1.165) is 0 Å². The minimum atomic E-state index is -0.502. The Labute approximate surface area is 137 Å². The van der Waals surface area contributed by atoms with Crippen LogP contribution in [0.2, 0.25) is 0 Å². The Bertz CT molecular complexity index is 608. The van der Waals surface area contributed by atoms with Gasteiger partial charge in [-0.05, 0) is 23.8 Å². The second-order valence-electron chi connectivity index (χ2n) is 4.50. The average molecular weight is 408 g/mol. The molecule has 0 amide bonds. The Balaban J connectivity index is 2.13. The van der Waals surface area contributed by atoms with Crippen molar-refractivity contribution in [1.82, 2.24) is 0 Å². The van der Waals surface area contributed by atoms with Gasteiger partial charge in [0.2, 0.25) is 0 Å². The maximum absolute atomic E-state index is 3.75. The third kappa shape index (κ3) is 2.83. The first-order valence-electron chi connectivity index (χ1n) is 6.39. The first-order chi connectivity index (χ1) is 9.77. The molecule has 0 saturated heterocycles. The van der Waals surface area contributed by atoms with Crippen molar-refractivity contribution in [2.24, 2.45) is 0 Å². The van der Waals surface area contributed by atoms with Crippen LogP contribution in [0.15, 0.2) is 82.6 Å². The number of benzene rings is 2. The van der Waals surface area contributed by atoms with Gasteiger partial charge in [-0.1, -0.05) is 105 Å². The van der Waals surface area contributed by atoms with E-state index >= 15 is 0 Å². The molecule has 20 heavy (non-hydrogen) atoms. The quantitative estimate of drug-likeness (QED) is 0.492. The van der Waals surface area contributed by atoms with Crippen LogP contribution in [-0.4, -0.2) is 4.83 Å². The van der Waals surface area contributed by atoms with Crippen LogP contribution in [0.4, 0.5) is 0 Å². The fraction of sp³-hybridized carbons (Fsp3) is 0.0588. The molecule has 0 spiro atoms. The summed E-state index contributed by atoms with van der Waals surface area (Å²) in [5.74, 6) is 0. The molecule has 100 valence electrons. The predicted octanol–water partition coefficient (Wildman–Crippen LogP) is 5.06. The number of halogens is 2. The van der Waals surface area contributed by atoms with E-state index in [1.54, 1.807) is 0 Å². The van der Waals surface area contributed by atoms with Crippen molar-refractivity contribution in [3.05, 3.63) is 82.6 Å². The molecule has 0 saturated carbocycles. The number of hydrogen-bond donors (Lipinski definition) is 0. The minimum absolute atomic E-state index is 0.301. The fourth-order valence-electron chi connectivity index (χ4n) is 2.24. The van der Waals surface area contributed by atoms with Crippen LogP contribution in [0.25, 0.3) is 0 Å². The van der Waals surface area contributed by atoms with Crippen LogP contribution in [-0.2, 0) is 0 Å². The van der Waals surface area contributed by atoms with E-state index in [2.05, 4.69) is 105 Å². The van der Waals surface area contributed by atoms with E-state index in [1.165, 1.54) is 20.4 Å². The normalized spacial score (nSPS) is 18.1. The lowest BCUT2D eigenvalue weighted by Crippen LogP contribution is -2.12. The molecule has 3 rings (SSSR count). The molecule has 0 aliphatic heterocycles. The summed E-state index contributed by atoms with van der Waals surface area (Å²) in [6.07, 6.45) is 4.44. The van der Waals surface area contributed by atoms with Crippen molar-refractivity contribution in [3.63, 3.8) is 0 Å². The highest BCUT2D eigenvalue weighted by Crippen LogP contribution is 2.50. The zero-order valence-electron chi connectivity index (χ0n) is 10.7. The highest BCUT2D eigenvalue weighted by molar-refractivity contribution is 9.14. The summed E-state index contributed by atoms with van der Waals surface area (Å²) >= 11 is 7.43. The lowest BCUT2D eigenvalue weighted by molar-refractivity contribution is 1.48. The lowest BCUT2D eigenvalue weighted by Gasteiger charge is -2.20. The van der Waals surface area contributed by atoms with Gasteiger partial charge < -0.3 is 0 Å². The Kier molecular flexibility index (Phi) is 4.55. The van der Waals surface area contributed by atoms with E-state index in [4.69, 9.17) is 0 Å². The van der Waals surface area contributed by atoms with Gasteiger partial charge in [0.25, 0.3) is 0 Å². The summed E-state index contributed by atoms with van der Waals surface area (Å²) in [4.78, 5) is 0.301.